The summed E-state index contributed by atoms with van der Waals surface area (Å²) >= 11 is 0. The first kappa shape index (κ1) is 20.2. The Balaban J connectivity index is 2.10. The minimum atomic E-state index is -0.575. The van der Waals surface area contributed by atoms with E-state index in [0.717, 1.165) is 11.1 Å². The second-order valence-corrected chi connectivity index (χ2v) is 6.01. The lowest BCUT2D eigenvalue weighted by Gasteiger charge is -2.21. The molecule has 2 aromatic rings. The molecule has 0 atom stereocenters. The lowest BCUT2D eigenvalue weighted by molar-refractivity contribution is -0.142. The van der Waals surface area contributed by atoms with Crippen molar-refractivity contribution >= 4 is 23.5 Å². The maximum absolute atomic E-state index is 12.6. The van der Waals surface area contributed by atoms with Crippen molar-refractivity contribution in [3.05, 3.63) is 65.2 Å². The van der Waals surface area contributed by atoms with Gasteiger partial charge < -0.3 is 9.47 Å². The molecular weight excluding hydrogens is 346 g/mol. The minimum absolute atomic E-state index is 0.220. The maximum Gasteiger partial charge on any atom is 0.338 e. The van der Waals surface area contributed by atoms with Crippen molar-refractivity contribution in [3.63, 3.8) is 0 Å². The first-order valence-corrected chi connectivity index (χ1v) is 8.67. The van der Waals surface area contributed by atoms with Crippen molar-refractivity contribution < 1.29 is 23.9 Å². The second-order valence-electron chi connectivity index (χ2n) is 6.01. The number of aryl methyl sites for hydroxylation is 2. The van der Waals surface area contributed by atoms with Gasteiger partial charge in [-0.25, -0.2) is 4.79 Å². The van der Waals surface area contributed by atoms with Crippen LogP contribution in [0.4, 0.5) is 5.69 Å². The number of nitrogens with zero attached hydrogens (tertiary/aromatic N) is 1. The summed E-state index contributed by atoms with van der Waals surface area (Å²) in [6.07, 6.45) is 0. The third kappa shape index (κ3) is 5.67. The average Bonchev–Trinajstić information content (AvgIpc) is 2.66. The molecule has 0 radical (unpaired) electrons. The Morgan fingerprint density at radius 1 is 0.963 bits per heavy atom. The Morgan fingerprint density at radius 2 is 1.67 bits per heavy atom. The fraction of sp³-hybridized carbons (Fsp3) is 0.286. The van der Waals surface area contributed by atoms with Crippen LogP contribution in [0.25, 0.3) is 0 Å². The molecule has 2 aromatic carbocycles. The average molecular weight is 369 g/mol. The Hall–Kier alpha value is -3.15. The monoisotopic (exact) mass is 369 g/mol. The van der Waals surface area contributed by atoms with E-state index in [9.17, 15) is 14.4 Å². The van der Waals surface area contributed by atoms with Crippen LogP contribution in [0.1, 0.15) is 28.4 Å². The van der Waals surface area contributed by atoms with Crippen LogP contribution in [0, 0.1) is 13.8 Å². The quantitative estimate of drug-likeness (QED) is 0.702. The van der Waals surface area contributed by atoms with Crippen LogP contribution in [0.3, 0.4) is 0 Å². The number of amides is 1. The van der Waals surface area contributed by atoms with Crippen LogP contribution in [0.2, 0.25) is 0 Å². The highest BCUT2D eigenvalue weighted by Gasteiger charge is 2.22. The largest absolute Gasteiger partial charge is 0.465 e. The fourth-order valence-electron chi connectivity index (χ4n) is 2.51. The smallest absolute Gasteiger partial charge is 0.338 e. The highest BCUT2D eigenvalue weighted by Crippen LogP contribution is 2.15. The van der Waals surface area contributed by atoms with E-state index in [1.165, 1.54) is 4.90 Å². The summed E-state index contributed by atoms with van der Waals surface area (Å²) in [5.74, 6) is -1.61. The zero-order valence-corrected chi connectivity index (χ0v) is 15.7. The molecule has 0 saturated carbocycles. The molecule has 1 amide bonds. The summed E-state index contributed by atoms with van der Waals surface area (Å²) < 4.78 is 10.1. The third-order valence-electron chi connectivity index (χ3n) is 3.90. The van der Waals surface area contributed by atoms with E-state index in [2.05, 4.69) is 0 Å². The van der Waals surface area contributed by atoms with Gasteiger partial charge in [0.1, 0.15) is 6.54 Å². The Labute approximate surface area is 158 Å². The molecule has 27 heavy (non-hydrogen) atoms. The van der Waals surface area contributed by atoms with Crippen molar-refractivity contribution in [2.45, 2.75) is 20.8 Å². The number of esters is 2. The summed E-state index contributed by atoms with van der Waals surface area (Å²) in [5.41, 5.74) is 2.63. The van der Waals surface area contributed by atoms with E-state index in [4.69, 9.17) is 9.47 Å². The number of para-hydroxylation sites is 1. The van der Waals surface area contributed by atoms with Gasteiger partial charge in [-0.05, 0) is 44.5 Å². The summed E-state index contributed by atoms with van der Waals surface area (Å²) in [4.78, 5) is 38.0. The molecule has 2 rings (SSSR count). The molecule has 0 aliphatic rings. The topological polar surface area (TPSA) is 72.9 Å². The van der Waals surface area contributed by atoms with Crippen molar-refractivity contribution in [1.82, 2.24) is 0 Å². The minimum Gasteiger partial charge on any atom is -0.465 e. The second kappa shape index (κ2) is 9.52. The van der Waals surface area contributed by atoms with E-state index in [0.29, 0.717) is 11.3 Å². The van der Waals surface area contributed by atoms with E-state index >= 15 is 0 Å². The van der Waals surface area contributed by atoms with Gasteiger partial charge in [-0.3, -0.25) is 14.5 Å². The van der Waals surface area contributed by atoms with Crippen molar-refractivity contribution in [1.29, 1.82) is 0 Å². The van der Waals surface area contributed by atoms with Gasteiger partial charge in [0, 0.05) is 5.69 Å². The molecule has 0 unspecified atom stereocenters. The van der Waals surface area contributed by atoms with Gasteiger partial charge in [0.25, 0.3) is 5.91 Å². The predicted molar refractivity (Wildman–Crippen MR) is 102 cm³/mol. The van der Waals surface area contributed by atoms with Gasteiger partial charge in [-0.1, -0.05) is 35.9 Å². The Morgan fingerprint density at radius 3 is 2.33 bits per heavy atom. The number of hydrogen-bond acceptors (Lipinski definition) is 5. The molecule has 0 N–H and O–H groups in total. The van der Waals surface area contributed by atoms with Gasteiger partial charge >= 0.3 is 11.9 Å². The van der Waals surface area contributed by atoms with Crippen LogP contribution in [-0.4, -0.2) is 37.6 Å². The summed E-state index contributed by atoms with van der Waals surface area (Å²) in [5, 5.41) is 0. The van der Waals surface area contributed by atoms with Crippen LogP contribution >= 0.6 is 0 Å². The van der Waals surface area contributed by atoms with Crippen molar-refractivity contribution in [3.8, 4) is 0 Å². The predicted octanol–water partition coefficient (Wildman–Crippen LogP) is 3.06. The first-order chi connectivity index (χ1) is 12.9. The Kier molecular flexibility index (Phi) is 7.11. The number of rotatable bonds is 7. The number of benzene rings is 2. The molecule has 0 aliphatic carbocycles. The van der Waals surface area contributed by atoms with Crippen LogP contribution in [-0.2, 0) is 19.1 Å². The van der Waals surface area contributed by atoms with Crippen molar-refractivity contribution in [2.24, 2.45) is 0 Å². The van der Waals surface area contributed by atoms with Gasteiger partial charge in [0.05, 0.1) is 12.2 Å². The van der Waals surface area contributed by atoms with Gasteiger partial charge in [-0.2, -0.15) is 0 Å². The van der Waals surface area contributed by atoms with Gasteiger partial charge in [-0.15, -0.1) is 0 Å². The first-order valence-electron chi connectivity index (χ1n) is 8.67. The summed E-state index contributed by atoms with van der Waals surface area (Å²) in [6.45, 7) is 4.86. The van der Waals surface area contributed by atoms with Gasteiger partial charge in [0.15, 0.2) is 6.61 Å². The zero-order valence-electron chi connectivity index (χ0n) is 15.7. The molecule has 0 spiro atoms. The molecule has 0 aromatic heterocycles. The molecule has 0 fully saturated rings. The van der Waals surface area contributed by atoms with E-state index in [1.54, 1.807) is 50.2 Å². The normalized spacial score (nSPS) is 10.2. The van der Waals surface area contributed by atoms with E-state index in [1.807, 2.05) is 19.1 Å². The number of carbonyl (C=O) groups is 3. The van der Waals surface area contributed by atoms with Crippen molar-refractivity contribution in [2.75, 3.05) is 24.7 Å². The molecule has 6 heteroatoms. The number of carbonyl (C=O) groups excluding carboxylic acids is 3. The van der Waals surface area contributed by atoms with E-state index in [-0.39, 0.29) is 13.2 Å². The molecule has 0 bridgehead atoms. The van der Waals surface area contributed by atoms with Crippen LogP contribution in [0.5, 0.6) is 0 Å². The number of ether oxygens (including phenoxy) is 2. The molecule has 6 nitrogen and oxygen atoms in total. The Bertz CT molecular complexity index is 817. The van der Waals surface area contributed by atoms with Crippen LogP contribution < -0.4 is 4.90 Å². The highest BCUT2D eigenvalue weighted by molar-refractivity contribution is 6.00. The lowest BCUT2D eigenvalue weighted by atomic mass is 10.1. The third-order valence-corrected chi connectivity index (χ3v) is 3.90. The molecule has 0 aliphatic heterocycles. The maximum atomic E-state index is 12.6. The standard InChI is InChI=1S/C21H23NO5/c1-4-26-20(24)13-22(17-8-6-5-7-9-17)19(23)14-27-21(25)18-12-15(2)10-11-16(18)3/h5-12H,4,13-14H2,1-3H3. The number of hydrogen-bond donors (Lipinski definition) is 0. The van der Waals surface area contributed by atoms with E-state index < -0.39 is 24.5 Å². The van der Waals surface area contributed by atoms with Gasteiger partial charge in [0.2, 0.25) is 0 Å². The summed E-state index contributed by atoms with van der Waals surface area (Å²) in [7, 11) is 0. The zero-order chi connectivity index (χ0) is 19.8. The molecular formula is C21H23NO5. The highest BCUT2D eigenvalue weighted by atomic mass is 16.5. The fourth-order valence-corrected chi connectivity index (χ4v) is 2.51. The lowest BCUT2D eigenvalue weighted by Crippen LogP contribution is -2.39. The molecule has 142 valence electrons. The molecule has 0 heterocycles. The van der Waals surface area contributed by atoms with Crippen LogP contribution in [0.15, 0.2) is 48.5 Å². The summed E-state index contributed by atoms with van der Waals surface area (Å²) in [6, 6.07) is 14.1. The number of anilines is 1. The molecule has 0 saturated heterocycles. The SMILES string of the molecule is CCOC(=O)CN(C(=O)COC(=O)c1cc(C)ccc1C)c1ccccc1.